The molecular weight excluding hydrogens is 278 g/mol. The summed E-state index contributed by atoms with van der Waals surface area (Å²) in [6.07, 6.45) is 0.267. The lowest BCUT2D eigenvalue weighted by Crippen LogP contribution is -2.22. The average molecular weight is 288 g/mol. The van der Waals surface area contributed by atoms with Gasteiger partial charge < -0.3 is 9.47 Å². The van der Waals surface area contributed by atoms with E-state index in [1.807, 2.05) is 19.1 Å². The smallest absolute Gasteiger partial charge is 0.201 e. The topological polar surface area (TPSA) is 42.2 Å². The van der Waals surface area contributed by atoms with Gasteiger partial charge in [-0.25, -0.2) is 0 Å². The molecule has 1 fully saturated rings. The SMILES string of the molecule is CC1(c2ccc(Br)s2)OCC(CC#N)O1. The second-order valence-electron chi connectivity index (χ2n) is 3.46. The minimum Gasteiger partial charge on any atom is -0.343 e. The van der Waals surface area contributed by atoms with Crippen molar-refractivity contribution in [3.8, 4) is 6.07 Å². The molecule has 2 heterocycles. The fourth-order valence-corrected chi connectivity index (χ4v) is 2.96. The Morgan fingerprint density at radius 3 is 3.13 bits per heavy atom. The minimum absolute atomic E-state index is 0.110. The van der Waals surface area contributed by atoms with E-state index in [0.717, 1.165) is 8.66 Å². The van der Waals surface area contributed by atoms with Gasteiger partial charge in [0.15, 0.2) is 0 Å². The maximum atomic E-state index is 8.58. The van der Waals surface area contributed by atoms with Crippen LogP contribution in [0.25, 0.3) is 0 Å². The van der Waals surface area contributed by atoms with Gasteiger partial charge in [-0.2, -0.15) is 5.26 Å². The van der Waals surface area contributed by atoms with Gasteiger partial charge in [0.25, 0.3) is 0 Å². The van der Waals surface area contributed by atoms with Crippen molar-refractivity contribution in [1.82, 2.24) is 0 Å². The van der Waals surface area contributed by atoms with Crippen molar-refractivity contribution in [3.63, 3.8) is 0 Å². The van der Waals surface area contributed by atoms with Gasteiger partial charge in [0.05, 0.1) is 33.9 Å². The van der Waals surface area contributed by atoms with Gasteiger partial charge in [0, 0.05) is 0 Å². The number of hydrogen-bond donors (Lipinski definition) is 0. The molecule has 0 aliphatic carbocycles. The Balaban J connectivity index is 2.13. The first kappa shape index (κ1) is 11.1. The van der Waals surface area contributed by atoms with Crippen LogP contribution < -0.4 is 0 Å². The van der Waals surface area contributed by atoms with E-state index < -0.39 is 5.79 Å². The molecule has 0 amide bonds. The van der Waals surface area contributed by atoms with Gasteiger partial charge in [0.1, 0.15) is 0 Å². The zero-order chi connectivity index (χ0) is 10.9. The van der Waals surface area contributed by atoms with E-state index in [4.69, 9.17) is 14.7 Å². The Kier molecular flexibility index (Phi) is 3.12. The van der Waals surface area contributed by atoms with Gasteiger partial charge in [-0.3, -0.25) is 0 Å². The minimum atomic E-state index is -0.682. The maximum absolute atomic E-state index is 8.58. The van der Waals surface area contributed by atoms with Gasteiger partial charge in [-0.15, -0.1) is 11.3 Å². The molecular formula is C10H10BrNO2S. The zero-order valence-corrected chi connectivity index (χ0v) is 10.6. The standard InChI is InChI=1S/C10H10BrNO2S/c1-10(8-2-3-9(11)15-8)13-6-7(14-10)4-5-12/h2-3,7H,4,6H2,1H3. The van der Waals surface area contributed by atoms with Gasteiger partial charge in [-0.05, 0) is 35.0 Å². The van der Waals surface area contributed by atoms with E-state index in [1.165, 1.54) is 0 Å². The van der Waals surface area contributed by atoms with Crippen LogP contribution in [0, 0.1) is 11.3 Å². The largest absolute Gasteiger partial charge is 0.343 e. The molecule has 2 rings (SSSR count). The number of thiophene rings is 1. The highest BCUT2D eigenvalue weighted by molar-refractivity contribution is 9.11. The Morgan fingerprint density at radius 2 is 2.53 bits per heavy atom. The lowest BCUT2D eigenvalue weighted by Gasteiger charge is -2.21. The monoisotopic (exact) mass is 287 g/mol. The molecule has 1 aliphatic rings. The first-order valence-corrected chi connectivity index (χ1v) is 6.19. The van der Waals surface area contributed by atoms with Crippen LogP contribution in [0.4, 0.5) is 0 Å². The van der Waals surface area contributed by atoms with Crippen molar-refractivity contribution in [3.05, 3.63) is 20.8 Å². The van der Waals surface area contributed by atoms with Crippen LogP contribution in [0.15, 0.2) is 15.9 Å². The highest BCUT2D eigenvalue weighted by Gasteiger charge is 2.39. The zero-order valence-electron chi connectivity index (χ0n) is 8.20. The number of nitriles is 1. The summed E-state index contributed by atoms with van der Waals surface area (Å²) in [7, 11) is 0. The summed E-state index contributed by atoms with van der Waals surface area (Å²) in [6, 6.07) is 6.04. The van der Waals surface area contributed by atoms with Gasteiger partial charge in [0.2, 0.25) is 5.79 Å². The van der Waals surface area contributed by atoms with Crippen LogP contribution in [0.1, 0.15) is 18.2 Å². The summed E-state index contributed by atoms with van der Waals surface area (Å²) in [5.41, 5.74) is 0. The fourth-order valence-electron chi connectivity index (χ4n) is 1.53. The number of ether oxygens (including phenoxy) is 2. The van der Waals surface area contributed by atoms with E-state index in [9.17, 15) is 0 Å². The van der Waals surface area contributed by atoms with Crippen LogP contribution in [0.3, 0.4) is 0 Å². The predicted molar refractivity (Wildman–Crippen MR) is 60.4 cm³/mol. The Bertz CT molecular complexity index is 400. The molecule has 3 nitrogen and oxygen atoms in total. The van der Waals surface area contributed by atoms with Crippen molar-refractivity contribution in [2.24, 2.45) is 0 Å². The van der Waals surface area contributed by atoms with Crippen molar-refractivity contribution < 1.29 is 9.47 Å². The van der Waals surface area contributed by atoms with E-state index in [0.29, 0.717) is 13.0 Å². The number of hydrogen-bond acceptors (Lipinski definition) is 4. The maximum Gasteiger partial charge on any atom is 0.201 e. The van der Waals surface area contributed by atoms with E-state index in [2.05, 4.69) is 22.0 Å². The summed E-state index contributed by atoms with van der Waals surface area (Å²) in [5, 5.41) is 8.58. The van der Waals surface area contributed by atoms with Gasteiger partial charge in [-0.1, -0.05) is 0 Å². The van der Waals surface area contributed by atoms with Gasteiger partial charge >= 0.3 is 0 Å². The van der Waals surface area contributed by atoms with Crippen molar-refractivity contribution in [2.45, 2.75) is 25.2 Å². The van der Waals surface area contributed by atoms with Crippen LogP contribution in [-0.4, -0.2) is 12.7 Å². The third-order valence-electron chi connectivity index (χ3n) is 2.28. The van der Waals surface area contributed by atoms with E-state index in [1.54, 1.807) is 11.3 Å². The third kappa shape index (κ3) is 2.23. The second-order valence-corrected chi connectivity index (χ2v) is 5.93. The molecule has 0 spiro atoms. The summed E-state index contributed by atoms with van der Waals surface area (Å²) in [4.78, 5) is 1.02. The second kappa shape index (κ2) is 4.22. The van der Waals surface area contributed by atoms with Crippen molar-refractivity contribution in [1.29, 1.82) is 5.26 Å². The molecule has 0 bridgehead atoms. The normalized spacial score (nSPS) is 30.3. The summed E-state index contributed by atoms with van der Waals surface area (Å²) in [5.74, 6) is -0.682. The summed E-state index contributed by atoms with van der Waals surface area (Å²) < 4.78 is 12.4. The highest BCUT2D eigenvalue weighted by Crippen LogP contribution is 2.39. The lowest BCUT2D eigenvalue weighted by atomic mass is 10.2. The summed E-state index contributed by atoms with van der Waals surface area (Å²) in [6.45, 7) is 2.38. The molecule has 0 radical (unpaired) electrons. The molecule has 1 aliphatic heterocycles. The molecule has 80 valence electrons. The van der Waals surface area contributed by atoms with Crippen molar-refractivity contribution >= 4 is 27.3 Å². The first-order valence-electron chi connectivity index (χ1n) is 4.58. The molecule has 1 aromatic rings. The molecule has 15 heavy (non-hydrogen) atoms. The number of halogens is 1. The Labute approximate surface area is 101 Å². The number of nitrogens with zero attached hydrogens (tertiary/aromatic N) is 1. The highest BCUT2D eigenvalue weighted by atomic mass is 79.9. The average Bonchev–Trinajstić information content (AvgIpc) is 2.75. The van der Waals surface area contributed by atoms with Crippen LogP contribution in [0.5, 0.6) is 0 Å². The van der Waals surface area contributed by atoms with Crippen LogP contribution >= 0.6 is 27.3 Å². The van der Waals surface area contributed by atoms with Crippen molar-refractivity contribution in [2.75, 3.05) is 6.61 Å². The Morgan fingerprint density at radius 1 is 1.73 bits per heavy atom. The molecule has 2 unspecified atom stereocenters. The van der Waals surface area contributed by atoms with Crippen LogP contribution in [0.2, 0.25) is 0 Å². The molecule has 0 N–H and O–H groups in total. The molecule has 1 saturated heterocycles. The lowest BCUT2D eigenvalue weighted by molar-refractivity contribution is -0.158. The van der Waals surface area contributed by atoms with E-state index in [-0.39, 0.29) is 6.10 Å². The third-order valence-corrected chi connectivity index (χ3v) is 4.08. The molecule has 5 heteroatoms. The molecule has 1 aromatic heterocycles. The quantitative estimate of drug-likeness (QED) is 0.840. The molecule has 2 atom stereocenters. The predicted octanol–water partition coefficient (Wildman–Crippen LogP) is 3.01. The number of rotatable bonds is 2. The Hall–Kier alpha value is -0.410. The molecule has 0 aromatic carbocycles. The van der Waals surface area contributed by atoms with Crippen LogP contribution in [-0.2, 0) is 15.3 Å². The fraction of sp³-hybridized carbons (Fsp3) is 0.500. The van der Waals surface area contributed by atoms with E-state index >= 15 is 0 Å². The first-order chi connectivity index (χ1) is 7.14. The summed E-state index contributed by atoms with van der Waals surface area (Å²) >= 11 is 4.99. The molecule has 0 saturated carbocycles.